The summed E-state index contributed by atoms with van der Waals surface area (Å²) in [4.78, 5) is 12.2. The monoisotopic (exact) mass is 238 g/mol. The minimum atomic E-state index is -0.0989. The molecule has 1 amide bonds. The summed E-state index contributed by atoms with van der Waals surface area (Å²) in [5.41, 5.74) is 6.42. The molecule has 0 spiro atoms. The van der Waals surface area contributed by atoms with E-state index >= 15 is 0 Å². The third-order valence-electron chi connectivity index (χ3n) is 2.16. The molecular weight excluding hydrogens is 220 g/mol. The van der Waals surface area contributed by atoms with Crippen LogP contribution in [0.15, 0.2) is 29.2 Å². The van der Waals surface area contributed by atoms with Crippen molar-refractivity contribution in [3.05, 3.63) is 29.8 Å². The molecule has 0 aliphatic carbocycles. The van der Waals surface area contributed by atoms with E-state index in [9.17, 15) is 4.79 Å². The molecular formula is C12H18N2OS. The number of nitrogens with two attached hydrogens (primary N) is 1. The summed E-state index contributed by atoms with van der Waals surface area (Å²) in [5, 5.41) is 2.75. The van der Waals surface area contributed by atoms with Crippen molar-refractivity contribution in [3.8, 4) is 0 Å². The van der Waals surface area contributed by atoms with Gasteiger partial charge < -0.3 is 11.1 Å². The third-order valence-corrected chi connectivity index (χ3v) is 3.05. The number of carbonyl (C=O) groups is 1. The van der Waals surface area contributed by atoms with E-state index in [4.69, 9.17) is 5.73 Å². The van der Waals surface area contributed by atoms with Crippen LogP contribution in [0.2, 0.25) is 0 Å². The molecule has 3 nitrogen and oxygen atoms in total. The smallest absolute Gasteiger partial charge is 0.233 e. The van der Waals surface area contributed by atoms with Gasteiger partial charge in [0.15, 0.2) is 0 Å². The molecule has 88 valence electrons. The van der Waals surface area contributed by atoms with Crippen molar-refractivity contribution in [3.63, 3.8) is 0 Å². The Morgan fingerprint density at radius 1 is 1.38 bits per heavy atom. The van der Waals surface area contributed by atoms with E-state index in [0.717, 1.165) is 12.2 Å². The molecule has 1 rings (SSSR count). The second kappa shape index (κ2) is 7.30. The Morgan fingerprint density at radius 3 is 2.62 bits per heavy atom. The molecule has 1 aromatic carbocycles. The molecule has 4 heteroatoms. The van der Waals surface area contributed by atoms with Crippen molar-refractivity contribution in [2.45, 2.75) is 18.2 Å². The second-order valence-corrected chi connectivity index (χ2v) is 4.72. The maximum Gasteiger partial charge on any atom is 0.233 e. The fourth-order valence-electron chi connectivity index (χ4n) is 1.34. The Balaban J connectivity index is 2.34. The summed E-state index contributed by atoms with van der Waals surface area (Å²) < 4.78 is 0. The van der Waals surface area contributed by atoms with Crippen molar-refractivity contribution >= 4 is 17.7 Å². The molecule has 0 fully saturated rings. The van der Waals surface area contributed by atoms with E-state index in [2.05, 4.69) is 36.5 Å². The van der Waals surface area contributed by atoms with Crippen LogP contribution in [0.1, 0.15) is 12.5 Å². The minimum absolute atomic E-state index is 0.0616. The first-order valence-electron chi connectivity index (χ1n) is 5.44. The van der Waals surface area contributed by atoms with Gasteiger partial charge in [0, 0.05) is 11.4 Å². The largest absolute Gasteiger partial charge is 0.355 e. The Bertz CT molecular complexity index is 324. The number of hydrogen-bond acceptors (Lipinski definition) is 3. The van der Waals surface area contributed by atoms with Gasteiger partial charge in [0.2, 0.25) is 5.91 Å². The standard InChI is InChI=1S/C12H18N2OS/c1-2-16-11-5-3-10(4-6-11)7-8-14-12(15)9-13/h3-6H,2,7-9,13H2,1H3,(H,14,15). The number of amides is 1. The van der Waals surface area contributed by atoms with E-state index in [0.29, 0.717) is 6.54 Å². The van der Waals surface area contributed by atoms with Crippen LogP contribution in [0, 0.1) is 0 Å². The van der Waals surface area contributed by atoms with E-state index < -0.39 is 0 Å². The van der Waals surface area contributed by atoms with Crippen molar-refractivity contribution in [2.24, 2.45) is 5.73 Å². The molecule has 0 unspecified atom stereocenters. The summed E-state index contributed by atoms with van der Waals surface area (Å²) in [6.07, 6.45) is 0.850. The lowest BCUT2D eigenvalue weighted by Crippen LogP contribution is -2.31. The van der Waals surface area contributed by atoms with Gasteiger partial charge in [0.1, 0.15) is 0 Å². The number of nitrogens with one attached hydrogen (secondary N) is 1. The molecule has 0 saturated carbocycles. The summed E-state index contributed by atoms with van der Waals surface area (Å²) in [5.74, 6) is 0.990. The van der Waals surface area contributed by atoms with Gasteiger partial charge in [-0.3, -0.25) is 4.79 Å². The molecule has 0 aromatic heterocycles. The molecule has 0 saturated heterocycles. The van der Waals surface area contributed by atoms with Crippen LogP contribution < -0.4 is 11.1 Å². The van der Waals surface area contributed by atoms with Crippen molar-refractivity contribution in [1.82, 2.24) is 5.32 Å². The van der Waals surface area contributed by atoms with E-state index in [1.165, 1.54) is 10.5 Å². The number of hydrogen-bond donors (Lipinski definition) is 2. The summed E-state index contributed by atoms with van der Waals surface area (Å²) in [6, 6.07) is 8.45. The normalized spacial score (nSPS) is 10.1. The molecule has 0 heterocycles. The number of thioether (sulfide) groups is 1. The van der Waals surface area contributed by atoms with Crippen LogP contribution in [0.25, 0.3) is 0 Å². The molecule has 0 bridgehead atoms. The summed E-state index contributed by atoms with van der Waals surface area (Å²) in [7, 11) is 0. The molecule has 0 radical (unpaired) electrons. The van der Waals surface area contributed by atoms with E-state index in [1.54, 1.807) is 0 Å². The maximum atomic E-state index is 10.9. The average Bonchev–Trinajstić information content (AvgIpc) is 2.31. The Labute approximate surface area is 101 Å². The summed E-state index contributed by atoms with van der Waals surface area (Å²) in [6.45, 7) is 2.85. The van der Waals surface area contributed by atoms with Crippen LogP contribution in [-0.4, -0.2) is 24.7 Å². The van der Waals surface area contributed by atoms with Gasteiger partial charge in [0.25, 0.3) is 0 Å². The predicted octanol–water partition coefficient (Wildman–Crippen LogP) is 1.42. The van der Waals surface area contributed by atoms with Gasteiger partial charge >= 0.3 is 0 Å². The number of carbonyl (C=O) groups excluding carboxylic acids is 1. The first-order valence-corrected chi connectivity index (χ1v) is 6.43. The van der Waals surface area contributed by atoms with Crippen LogP contribution in [0.4, 0.5) is 0 Å². The lowest BCUT2D eigenvalue weighted by molar-refractivity contribution is -0.119. The lowest BCUT2D eigenvalue weighted by atomic mass is 10.1. The SMILES string of the molecule is CCSc1ccc(CCNC(=O)CN)cc1. The van der Waals surface area contributed by atoms with Gasteiger partial charge in [0.05, 0.1) is 6.54 Å². The van der Waals surface area contributed by atoms with Crippen LogP contribution in [0.3, 0.4) is 0 Å². The zero-order valence-corrected chi connectivity index (χ0v) is 10.3. The highest BCUT2D eigenvalue weighted by Crippen LogP contribution is 2.17. The van der Waals surface area contributed by atoms with Crippen molar-refractivity contribution < 1.29 is 4.79 Å². The maximum absolute atomic E-state index is 10.9. The van der Waals surface area contributed by atoms with E-state index in [1.807, 2.05) is 11.8 Å². The zero-order valence-electron chi connectivity index (χ0n) is 9.53. The van der Waals surface area contributed by atoms with Gasteiger partial charge in [-0.25, -0.2) is 0 Å². The Kier molecular flexibility index (Phi) is 5.96. The minimum Gasteiger partial charge on any atom is -0.355 e. The molecule has 0 atom stereocenters. The summed E-state index contributed by atoms with van der Waals surface area (Å²) >= 11 is 1.83. The third kappa shape index (κ3) is 4.68. The fourth-order valence-corrected chi connectivity index (χ4v) is 2.00. The predicted molar refractivity (Wildman–Crippen MR) is 68.6 cm³/mol. The molecule has 16 heavy (non-hydrogen) atoms. The molecule has 0 aliphatic heterocycles. The lowest BCUT2D eigenvalue weighted by Gasteiger charge is -2.04. The second-order valence-electron chi connectivity index (χ2n) is 3.38. The number of rotatable bonds is 6. The van der Waals surface area contributed by atoms with Crippen LogP contribution >= 0.6 is 11.8 Å². The van der Waals surface area contributed by atoms with Gasteiger partial charge in [-0.1, -0.05) is 19.1 Å². The van der Waals surface area contributed by atoms with Crippen LogP contribution in [0.5, 0.6) is 0 Å². The zero-order chi connectivity index (χ0) is 11.8. The molecule has 1 aromatic rings. The first kappa shape index (κ1) is 13.1. The van der Waals surface area contributed by atoms with Gasteiger partial charge in [-0.15, -0.1) is 11.8 Å². The highest BCUT2D eigenvalue weighted by atomic mass is 32.2. The van der Waals surface area contributed by atoms with Crippen molar-refractivity contribution in [2.75, 3.05) is 18.8 Å². The number of benzene rings is 1. The van der Waals surface area contributed by atoms with Gasteiger partial charge in [-0.05, 0) is 29.9 Å². The first-order chi connectivity index (χ1) is 7.76. The van der Waals surface area contributed by atoms with Gasteiger partial charge in [-0.2, -0.15) is 0 Å². The highest BCUT2D eigenvalue weighted by Gasteiger charge is 1.97. The fraction of sp³-hybridized carbons (Fsp3) is 0.417. The molecule has 0 aliphatic rings. The molecule has 3 N–H and O–H groups in total. The van der Waals surface area contributed by atoms with Crippen molar-refractivity contribution in [1.29, 1.82) is 0 Å². The van der Waals surface area contributed by atoms with Crippen LogP contribution in [-0.2, 0) is 11.2 Å². The quantitative estimate of drug-likeness (QED) is 0.737. The van der Waals surface area contributed by atoms with E-state index in [-0.39, 0.29) is 12.5 Å². The topological polar surface area (TPSA) is 55.1 Å². The Morgan fingerprint density at radius 2 is 2.06 bits per heavy atom. The Hall–Kier alpha value is -1.00. The highest BCUT2D eigenvalue weighted by molar-refractivity contribution is 7.99. The average molecular weight is 238 g/mol.